The maximum Gasteiger partial charge on any atom is 0.342 e. The summed E-state index contributed by atoms with van der Waals surface area (Å²) in [7, 11) is 0. The van der Waals surface area contributed by atoms with Gasteiger partial charge in [0.25, 0.3) is 5.91 Å². The number of piperidine rings is 1. The van der Waals surface area contributed by atoms with Gasteiger partial charge in [0.1, 0.15) is 23.2 Å². The van der Waals surface area contributed by atoms with Crippen molar-refractivity contribution in [3.05, 3.63) is 53.3 Å². The molecule has 5 N–H and O–H groups in total. The van der Waals surface area contributed by atoms with Gasteiger partial charge in [-0.1, -0.05) is 18.2 Å². The van der Waals surface area contributed by atoms with E-state index in [0.717, 1.165) is 51.3 Å². The molecular formula is C26H35N3O6. The lowest BCUT2D eigenvalue weighted by molar-refractivity contribution is -0.139. The van der Waals surface area contributed by atoms with Crippen LogP contribution in [0.4, 0.5) is 0 Å². The molecule has 3 rings (SSSR count). The fraction of sp³-hybridized carbons (Fsp3) is 0.462. The predicted octanol–water partition coefficient (Wildman–Crippen LogP) is 3.14. The molecule has 35 heavy (non-hydrogen) atoms. The number of allylic oxidation sites excluding steroid dienone is 3. The number of hydrogen-bond donors (Lipinski definition) is 4. The number of phenolic OH excluding ortho intramolecular Hbond substituents is 2. The van der Waals surface area contributed by atoms with Crippen molar-refractivity contribution in [2.24, 2.45) is 5.73 Å². The van der Waals surface area contributed by atoms with Crippen molar-refractivity contribution in [3.8, 4) is 11.5 Å². The highest BCUT2D eigenvalue weighted by atomic mass is 16.6. The molecule has 1 saturated heterocycles. The molecule has 2 heterocycles. The third-order valence-electron chi connectivity index (χ3n) is 5.87. The van der Waals surface area contributed by atoms with E-state index in [-0.39, 0.29) is 29.4 Å². The average molecular weight is 486 g/mol. The molecule has 1 unspecified atom stereocenters. The number of hydroxylamine groups is 1. The number of benzene rings is 1. The molecular weight excluding hydrogens is 450 g/mol. The molecule has 1 aromatic rings. The van der Waals surface area contributed by atoms with Gasteiger partial charge >= 0.3 is 5.97 Å². The molecule has 9 nitrogen and oxygen atoms in total. The number of nitrogens with one attached hydrogen (secondary N) is 1. The van der Waals surface area contributed by atoms with Crippen LogP contribution in [0, 0.1) is 0 Å². The standard InChI is InChI=1S/C26H35N3O6/c27-12-11-22-10-6-3-1-2-5-9-20(28-34-18-24(32)29-13-7-4-8-14-29)15-19-16-21(30)17-23(31)25(19)26(33)35-22/h3,5-6,9,15-17,22,28,30-31H,1-2,4,7-8,10-14,18,27H2/b6-3?,9-5?,20-15-. The monoisotopic (exact) mass is 485 g/mol. The van der Waals surface area contributed by atoms with Gasteiger partial charge in [0.05, 0.1) is 5.70 Å². The molecule has 2 aliphatic heterocycles. The number of nitrogens with zero attached hydrogens (tertiary/aromatic N) is 1. The summed E-state index contributed by atoms with van der Waals surface area (Å²) in [5.41, 5.74) is 9.05. The van der Waals surface area contributed by atoms with E-state index in [1.165, 1.54) is 6.07 Å². The summed E-state index contributed by atoms with van der Waals surface area (Å²) in [6, 6.07) is 2.44. The highest BCUT2D eigenvalue weighted by molar-refractivity contribution is 5.97. The van der Waals surface area contributed by atoms with Gasteiger partial charge in [0.15, 0.2) is 6.61 Å². The zero-order chi connectivity index (χ0) is 25.0. The molecule has 1 amide bonds. The van der Waals surface area contributed by atoms with E-state index in [2.05, 4.69) is 5.48 Å². The van der Waals surface area contributed by atoms with Crippen molar-refractivity contribution in [1.82, 2.24) is 10.4 Å². The molecule has 1 atom stereocenters. The summed E-state index contributed by atoms with van der Waals surface area (Å²) >= 11 is 0. The van der Waals surface area contributed by atoms with Gasteiger partial charge < -0.3 is 25.6 Å². The van der Waals surface area contributed by atoms with E-state index in [1.807, 2.05) is 18.2 Å². The largest absolute Gasteiger partial charge is 0.508 e. The van der Waals surface area contributed by atoms with Crippen molar-refractivity contribution in [2.45, 2.75) is 51.0 Å². The van der Waals surface area contributed by atoms with Crippen molar-refractivity contribution in [3.63, 3.8) is 0 Å². The maximum absolute atomic E-state index is 13.0. The second kappa shape index (κ2) is 13.6. The molecule has 190 valence electrons. The van der Waals surface area contributed by atoms with E-state index in [0.29, 0.717) is 25.1 Å². The molecule has 2 aliphatic rings. The number of carbonyl (C=O) groups is 2. The Morgan fingerprint density at radius 2 is 1.91 bits per heavy atom. The minimum atomic E-state index is -0.720. The molecule has 0 aromatic heterocycles. The number of ether oxygens (including phenoxy) is 1. The molecule has 0 bridgehead atoms. The van der Waals surface area contributed by atoms with E-state index in [4.69, 9.17) is 15.3 Å². The molecule has 0 radical (unpaired) electrons. The summed E-state index contributed by atoms with van der Waals surface area (Å²) in [6.07, 6.45) is 14.4. The van der Waals surface area contributed by atoms with E-state index in [1.54, 1.807) is 17.1 Å². The van der Waals surface area contributed by atoms with Gasteiger partial charge in [-0.25, -0.2) is 4.79 Å². The fourth-order valence-corrected chi connectivity index (χ4v) is 4.05. The molecule has 1 fully saturated rings. The van der Waals surface area contributed by atoms with E-state index in [9.17, 15) is 19.8 Å². The number of esters is 1. The first kappa shape index (κ1) is 26.3. The zero-order valence-electron chi connectivity index (χ0n) is 19.9. The van der Waals surface area contributed by atoms with Gasteiger partial charge in [0.2, 0.25) is 0 Å². The first-order valence-corrected chi connectivity index (χ1v) is 12.1. The van der Waals surface area contributed by atoms with Crippen LogP contribution in [0.15, 0.2) is 42.1 Å². The van der Waals surface area contributed by atoms with Crippen molar-refractivity contribution >= 4 is 18.0 Å². The van der Waals surface area contributed by atoms with Gasteiger partial charge in [-0.3, -0.25) is 15.1 Å². The van der Waals surface area contributed by atoms with E-state index >= 15 is 0 Å². The lowest BCUT2D eigenvalue weighted by Gasteiger charge is -2.26. The summed E-state index contributed by atoms with van der Waals surface area (Å²) in [5, 5.41) is 20.5. The zero-order valence-corrected chi connectivity index (χ0v) is 19.9. The van der Waals surface area contributed by atoms with Crippen LogP contribution in [-0.4, -0.2) is 59.3 Å². The Kier molecular flexibility index (Phi) is 10.2. The number of rotatable bonds is 6. The highest BCUT2D eigenvalue weighted by Crippen LogP contribution is 2.30. The maximum atomic E-state index is 13.0. The summed E-state index contributed by atoms with van der Waals surface area (Å²) < 4.78 is 5.64. The Labute approximate surface area is 205 Å². The quantitative estimate of drug-likeness (QED) is 0.274. The third kappa shape index (κ3) is 8.15. The van der Waals surface area contributed by atoms with Gasteiger partial charge in [-0.15, -0.1) is 0 Å². The Balaban J connectivity index is 1.84. The molecule has 0 aliphatic carbocycles. The molecule has 0 saturated carbocycles. The summed E-state index contributed by atoms with van der Waals surface area (Å²) in [6.45, 7) is 1.67. The first-order valence-electron chi connectivity index (χ1n) is 12.1. The minimum absolute atomic E-state index is 0.0806. The SMILES string of the molecule is NCCC1CC=CCCC=C/C(NOCC(=O)N2CCCCC2)=C/c2cc(O)cc(O)c2C(=O)O1. The minimum Gasteiger partial charge on any atom is -0.508 e. The third-order valence-corrected chi connectivity index (χ3v) is 5.87. The first-order chi connectivity index (χ1) is 17.0. The van der Waals surface area contributed by atoms with Crippen molar-refractivity contribution in [1.29, 1.82) is 0 Å². The highest BCUT2D eigenvalue weighted by Gasteiger charge is 2.22. The smallest absolute Gasteiger partial charge is 0.342 e. The van der Waals surface area contributed by atoms with Crippen LogP contribution in [0.1, 0.15) is 60.9 Å². The van der Waals surface area contributed by atoms with Crippen molar-refractivity contribution in [2.75, 3.05) is 26.2 Å². The number of phenols is 2. The van der Waals surface area contributed by atoms with Gasteiger partial charge in [0, 0.05) is 25.6 Å². The van der Waals surface area contributed by atoms with Gasteiger partial charge in [-0.2, -0.15) is 0 Å². The van der Waals surface area contributed by atoms with Crippen LogP contribution < -0.4 is 11.2 Å². The number of carbonyl (C=O) groups excluding carboxylic acids is 2. The Bertz CT molecular complexity index is 966. The second-order valence-electron chi connectivity index (χ2n) is 8.65. The van der Waals surface area contributed by atoms with Crippen LogP contribution in [0.3, 0.4) is 0 Å². The van der Waals surface area contributed by atoms with Crippen LogP contribution in [0.5, 0.6) is 11.5 Å². The van der Waals surface area contributed by atoms with Crippen LogP contribution in [0.2, 0.25) is 0 Å². The topological polar surface area (TPSA) is 134 Å². The molecule has 9 heteroatoms. The number of likely N-dealkylation sites (tertiary alicyclic amines) is 1. The number of fused-ring (bicyclic) bond motifs is 1. The number of aromatic hydroxyl groups is 2. The van der Waals surface area contributed by atoms with Crippen molar-refractivity contribution < 1.29 is 29.4 Å². The predicted molar refractivity (Wildman–Crippen MR) is 132 cm³/mol. The molecule has 0 spiro atoms. The Hall–Kier alpha value is -3.30. The normalized spacial score (nSPS) is 20.8. The number of cyclic esters (lactones) is 1. The van der Waals surface area contributed by atoms with E-state index < -0.39 is 17.8 Å². The van der Waals surface area contributed by atoms with Crippen LogP contribution in [-0.2, 0) is 14.4 Å². The number of amides is 1. The van der Waals surface area contributed by atoms with Crippen LogP contribution in [0.25, 0.3) is 6.08 Å². The lowest BCUT2D eigenvalue weighted by Crippen LogP contribution is -2.39. The average Bonchev–Trinajstić information content (AvgIpc) is 2.82. The second-order valence-corrected chi connectivity index (χ2v) is 8.65. The Morgan fingerprint density at radius 3 is 2.69 bits per heavy atom. The number of hydrogen-bond acceptors (Lipinski definition) is 8. The van der Waals surface area contributed by atoms with Gasteiger partial charge in [-0.05, 0) is 68.9 Å². The van der Waals surface area contributed by atoms with Crippen LogP contribution >= 0.6 is 0 Å². The summed E-state index contributed by atoms with van der Waals surface area (Å²) in [4.78, 5) is 32.7. The Morgan fingerprint density at radius 1 is 1.14 bits per heavy atom. The number of nitrogens with two attached hydrogens (primary N) is 1. The summed E-state index contributed by atoms with van der Waals surface area (Å²) in [5.74, 6) is -1.43. The fourth-order valence-electron chi connectivity index (χ4n) is 4.05. The lowest BCUT2D eigenvalue weighted by atomic mass is 10.0. The molecule has 1 aromatic carbocycles.